The minimum Gasteiger partial charge on any atom is -0.756 e. The third kappa shape index (κ3) is 30.5. The van der Waals surface area contributed by atoms with E-state index in [0.717, 1.165) is 38.5 Å². The molecule has 1 N–H and O–H groups in total. The lowest BCUT2D eigenvalue weighted by atomic mass is 9.90. The van der Waals surface area contributed by atoms with E-state index >= 15 is 0 Å². The van der Waals surface area contributed by atoms with Gasteiger partial charge in [-0.1, -0.05) is 147 Å². The summed E-state index contributed by atoms with van der Waals surface area (Å²) < 4.78 is 33.8. The second-order valence-corrected chi connectivity index (χ2v) is 18.1. The molecule has 0 fully saturated rings. The number of hydrogen-bond donors (Lipinski definition) is 1. The molecule has 5 atom stereocenters. The third-order valence-electron chi connectivity index (χ3n) is 10.2. The average molecular weight is 826 g/mol. The Bertz CT molecular complexity index is 1210. The predicted octanol–water partition coefficient (Wildman–Crippen LogP) is 9.51. The molecule has 12 heteroatoms. The Hall–Kier alpha value is -2.14. The number of esters is 2. The normalized spacial score (nSPS) is 18.1. The Kier molecular flexibility index (Phi) is 30.3. The van der Waals surface area contributed by atoms with Crippen molar-refractivity contribution in [3.8, 4) is 0 Å². The molecular weight excluding hydrogens is 745 g/mol. The van der Waals surface area contributed by atoms with Gasteiger partial charge in [-0.25, -0.2) is 0 Å². The first kappa shape index (κ1) is 52.9. The Morgan fingerprint density at radius 2 is 1.39 bits per heavy atom. The lowest BCUT2D eigenvalue weighted by Crippen LogP contribution is -2.37. The summed E-state index contributed by atoms with van der Waals surface area (Å²) >= 11 is 0. The molecule has 1 aliphatic rings. The second kappa shape index (κ2) is 32.7. The summed E-state index contributed by atoms with van der Waals surface area (Å²) in [5, 5.41) is 10.2. The van der Waals surface area contributed by atoms with Crippen molar-refractivity contribution in [2.75, 3.05) is 47.5 Å². The van der Waals surface area contributed by atoms with E-state index in [0.29, 0.717) is 43.1 Å². The van der Waals surface area contributed by atoms with Crippen LogP contribution >= 0.6 is 7.82 Å². The van der Waals surface area contributed by atoms with Gasteiger partial charge in [-0.05, 0) is 44.1 Å². The summed E-state index contributed by atoms with van der Waals surface area (Å²) in [6.07, 6.45) is 32.3. The van der Waals surface area contributed by atoms with E-state index in [1.165, 1.54) is 64.2 Å². The van der Waals surface area contributed by atoms with Crippen LogP contribution in [0.5, 0.6) is 0 Å². The van der Waals surface area contributed by atoms with Crippen LogP contribution in [-0.4, -0.2) is 87.0 Å². The largest absolute Gasteiger partial charge is 0.756 e. The van der Waals surface area contributed by atoms with Crippen LogP contribution < -0.4 is 4.89 Å². The highest BCUT2D eigenvalue weighted by Gasteiger charge is 2.27. The quantitative estimate of drug-likeness (QED) is 0.0211. The number of ether oxygens (including phenoxy) is 2. The van der Waals surface area contributed by atoms with Crippen LogP contribution in [0.25, 0.3) is 0 Å². The highest BCUT2D eigenvalue weighted by molar-refractivity contribution is 7.45. The number of quaternary nitrogens is 1. The van der Waals surface area contributed by atoms with Gasteiger partial charge in [0.1, 0.15) is 19.8 Å². The van der Waals surface area contributed by atoms with Gasteiger partial charge in [0.15, 0.2) is 11.9 Å². The number of allylic oxidation sites excluding steroid dienone is 5. The Morgan fingerprint density at radius 1 is 0.807 bits per heavy atom. The van der Waals surface area contributed by atoms with Crippen molar-refractivity contribution >= 4 is 25.5 Å². The number of ketones is 1. The van der Waals surface area contributed by atoms with E-state index in [-0.39, 0.29) is 43.7 Å². The molecule has 1 unspecified atom stereocenters. The molecule has 0 radical (unpaired) electrons. The third-order valence-corrected chi connectivity index (χ3v) is 11.1. The number of phosphoric acid groups is 1. The summed E-state index contributed by atoms with van der Waals surface area (Å²) in [6.45, 7) is 3.89. The maximum atomic E-state index is 12.8. The van der Waals surface area contributed by atoms with Gasteiger partial charge in [-0.2, -0.15) is 0 Å². The number of aliphatic hydroxyl groups excluding tert-OH is 1. The van der Waals surface area contributed by atoms with Gasteiger partial charge >= 0.3 is 11.9 Å². The van der Waals surface area contributed by atoms with Gasteiger partial charge in [0, 0.05) is 18.8 Å². The first-order valence-corrected chi connectivity index (χ1v) is 23.7. The van der Waals surface area contributed by atoms with E-state index in [9.17, 15) is 28.9 Å². The van der Waals surface area contributed by atoms with Crippen molar-refractivity contribution in [1.82, 2.24) is 0 Å². The molecule has 57 heavy (non-hydrogen) atoms. The van der Waals surface area contributed by atoms with Gasteiger partial charge < -0.3 is 33.0 Å². The lowest BCUT2D eigenvalue weighted by Gasteiger charge is -2.28. The summed E-state index contributed by atoms with van der Waals surface area (Å²) in [5.74, 6) is -1.21. The van der Waals surface area contributed by atoms with Crippen LogP contribution in [0.4, 0.5) is 0 Å². The molecule has 0 saturated heterocycles. The Labute approximate surface area is 346 Å². The summed E-state index contributed by atoms with van der Waals surface area (Å²) in [6, 6.07) is 0. The number of unbranched alkanes of at least 4 members (excludes halogenated alkanes) is 16. The van der Waals surface area contributed by atoms with Gasteiger partial charge in [-0.15, -0.1) is 0 Å². The average Bonchev–Trinajstić information content (AvgIpc) is 3.51. The molecule has 0 heterocycles. The zero-order chi connectivity index (χ0) is 42.2. The van der Waals surface area contributed by atoms with Crippen molar-refractivity contribution in [3.63, 3.8) is 0 Å². The molecule has 0 aliphatic heterocycles. The molecule has 0 bridgehead atoms. The zero-order valence-corrected chi connectivity index (χ0v) is 37.3. The van der Waals surface area contributed by atoms with E-state index in [4.69, 9.17) is 18.5 Å². The fraction of sp³-hybridized carbons (Fsp3) is 0.800. The standard InChI is InChI=1S/C45H80NO10P/c1-6-8-10-11-12-13-14-15-16-17-18-19-20-25-29-44(49)53-37-41(38-55-57(51,52)54-36-35-46(3,4)5)56-45(50)30-26-22-21-24-27-39-31-34-43(48)42(39)33-32-40(47)28-23-9-7-2/h21,24,31-34,39-42,47H,6-20,22-23,25-30,35-38H2,1-5H3/b24-21-,33-32+/t39-,40-,41+,42+/m0/s1. The fourth-order valence-electron chi connectivity index (χ4n) is 6.53. The van der Waals surface area contributed by atoms with Crippen molar-refractivity contribution in [1.29, 1.82) is 0 Å². The maximum absolute atomic E-state index is 12.8. The molecule has 330 valence electrons. The van der Waals surface area contributed by atoms with E-state index in [2.05, 4.69) is 13.8 Å². The SMILES string of the molecule is CCCCCCCCCCCCCCCCC(=O)OC[C@H](COP(=O)([O-])OCC[N+](C)(C)C)OC(=O)CCC/C=C\C[C@H]1C=CC(=O)[C@@H]1/C=C/[C@@H](O)CCCCC. The lowest BCUT2D eigenvalue weighted by molar-refractivity contribution is -0.870. The van der Waals surface area contributed by atoms with Crippen LogP contribution in [0.3, 0.4) is 0 Å². The fourth-order valence-corrected chi connectivity index (χ4v) is 7.26. The van der Waals surface area contributed by atoms with E-state index in [1.54, 1.807) is 12.2 Å². The molecule has 0 aromatic heterocycles. The molecule has 0 amide bonds. The van der Waals surface area contributed by atoms with Gasteiger partial charge in [0.25, 0.3) is 7.82 Å². The highest BCUT2D eigenvalue weighted by Crippen LogP contribution is 2.38. The van der Waals surface area contributed by atoms with Crippen molar-refractivity contribution < 1.29 is 52.0 Å². The number of hydrogen-bond acceptors (Lipinski definition) is 10. The van der Waals surface area contributed by atoms with Crippen LogP contribution in [0.1, 0.15) is 162 Å². The number of phosphoric ester groups is 1. The van der Waals surface area contributed by atoms with E-state index in [1.807, 2.05) is 45.4 Å². The minimum atomic E-state index is -4.68. The number of aliphatic hydroxyl groups is 1. The van der Waals surface area contributed by atoms with Gasteiger partial charge in [0.05, 0.1) is 33.9 Å². The second-order valence-electron chi connectivity index (χ2n) is 16.7. The van der Waals surface area contributed by atoms with Crippen LogP contribution in [0, 0.1) is 11.8 Å². The van der Waals surface area contributed by atoms with Crippen molar-refractivity contribution in [2.24, 2.45) is 11.8 Å². The number of carbonyl (C=O) groups excluding carboxylic acids is 3. The molecule has 0 spiro atoms. The number of nitrogens with zero attached hydrogens (tertiary/aromatic N) is 1. The van der Waals surface area contributed by atoms with Gasteiger partial charge in [-0.3, -0.25) is 18.9 Å². The molecule has 1 aliphatic carbocycles. The first-order valence-electron chi connectivity index (χ1n) is 22.3. The predicted molar refractivity (Wildman–Crippen MR) is 226 cm³/mol. The van der Waals surface area contributed by atoms with Crippen LogP contribution in [-0.2, 0) is 37.5 Å². The Balaban J connectivity index is 2.47. The topological polar surface area (TPSA) is 148 Å². The summed E-state index contributed by atoms with van der Waals surface area (Å²) in [7, 11) is 1.04. The smallest absolute Gasteiger partial charge is 0.306 e. The molecule has 0 aromatic rings. The maximum Gasteiger partial charge on any atom is 0.306 e. The number of likely N-dealkylation sites (N-methyl/N-ethyl adjacent to an activating group) is 1. The monoisotopic (exact) mass is 826 g/mol. The molecule has 1 rings (SSSR count). The van der Waals surface area contributed by atoms with Crippen molar-refractivity contribution in [3.05, 3.63) is 36.5 Å². The van der Waals surface area contributed by atoms with Crippen LogP contribution in [0.2, 0.25) is 0 Å². The summed E-state index contributed by atoms with van der Waals surface area (Å²) in [4.78, 5) is 50.1. The first-order chi connectivity index (χ1) is 27.3. The molecule has 11 nitrogen and oxygen atoms in total. The Morgan fingerprint density at radius 3 is 2.00 bits per heavy atom. The zero-order valence-electron chi connectivity index (χ0n) is 36.4. The number of carbonyl (C=O) groups is 3. The number of rotatable bonds is 37. The summed E-state index contributed by atoms with van der Waals surface area (Å²) in [5.41, 5.74) is 0. The van der Waals surface area contributed by atoms with Crippen molar-refractivity contribution in [2.45, 2.75) is 174 Å². The molecular formula is C45H80NO10P. The highest BCUT2D eigenvalue weighted by atomic mass is 31.2. The van der Waals surface area contributed by atoms with Gasteiger partial charge in [0.2, 0.25) is 0 Å². The minimum absolute atomic E-state index is 0.0177. The molecule has 0 saturated carbocycles. The van der Waals surface area contributed by atoms with E-state index < -0.39 is 38.6 Å². The molecule has 0 aromatic carbocycles. The van der Waals surface area contributed by atoms with Crippen LogP contribution in [0.15, 0.2) is 36.5 Å².